The minimum atomic E-state index is -4.90. The zero-order chi connectivity index (χ0) is 23.0. The monoisotopic (exact) mass is 455 g/mol. The Morgan fingerprint density at radius 3 is 2.39 bits per heavy atom. The number of primary sulfonamides is 1. The lowest BCUT2D eigenvalue weighted by Gasteiger charge is -2.13. The molecule has 11 heteroatoms. The zero-order valence-electron chi connectivity index (χ0n) is 16.3. The number of allylic oxidation sites excluding steroid dienone is 1. The summed E-state index contributed by atoms with van der Waals surface area (Å²) in [6.45, 7) is 1.49. The van der Waals surface area contributed by atoms with Crippen LogP contribution in [0.2, 0.25) is 0 Å². The molecule has 0 saturated heterocycles. The van der Waals surface area contributed by atoms with Crippen LogP contribution in [0.25, 0.3) is 28.6 Å². The van der Waals surface area contributed by atoms with Crippen LogP contribution in [0, 0.1) is 5.82 Å². The van der Waals surface area contributed by atoms with Crippen molar-refractivity contribution >= 4 is 16.2 Å². The summed E-state index contributed by atoms with van der Waals surface area (Å²) in [5, 5.41) is 9.26. The van der Waals surface area contributed by atoms with Gasteiger partial charge in [0.15, 0.2) is 17.3 Å². The molecule has 0 aliphatic heterocycles. The molecular formula is C20H17F4N3O3S. The number of hydrogen-bond donors (Lipinski definition) is 1. The zero-order valence-corrected chi connectivity index (χ0v) is 17.1. The van der Waals surface area contributed by atoms with E-state index in [0.717, 1.165) is 18.3 Å². The van der Waals surface area contributed by atoms with E-state index in [4.69, 9.17) is 9.88 Å². The number of alkyl halides is 3. The van der Waals surface area contributed by atoms with Gasteiger partial charge in [0.05, 0.1) is 12.0 Å². The highest BCUT2D eigenvalue weighted by Crippen LogP contribution is 2.44. The maximum Gasteiger partial charge on any atom is 0.434 e. The van der Waals surface area contributed by atoms with E-state index in [1.807, 2.05) is 0 Å². The SMILES string of the molecule is CC=Cn1nc(-c2ccccc2S(N)(=O)=O)c(-c2ccc(OC)c(F)c2)c1C(F)(F)F. The molecule has 164 valence electrons. The highest BCUT2D eigenvalue weighted by molar-refractivity contribution is 7.89. The number of methoxy groups -OCH3 is 1. The molecule has 1 heterocycles. The van der Waals surface area contributed by atoms with Gasteiger partial charge in [-0.3, -0.25) is 0 Å². The summed E-state index contributed by atoms with van der Waals surface area (Å²) in [4.78, 5) is -0.413. The van der Waals surface area contributed by atoms with Crippen molar-refractivity contribution in [3.63, 3.8) is 0 Å². The minimum Gasteiger partial charge on any atom is -0.494 e. The molecule has 0 spiro atoms. The maximum atomic E-state index is 14.4. The number of nitrogens with zero attached hydrogens (tertiary/aromatic N) is 2. The van der Waals surface area contributed by atoms with E-state index in [1.54, 1.807) is 0 Å². The lowest BCUT2D eigenvalue weighted by Crippen LogP contribution is -2.13. The largest absolute Gasteiger partial charge is 0.494 e. The van der Waals surface area contributed by atoms with Crippen LogP contribution in [0.1, 0.15) is 12.6 Å². The fourth-order valence-electron chi connectivity index (χ4n) is 3.15. The number of halogens is 4. The van der Waals surface area contributed by atoms with Crippen LogP contribution in [0.4, 0.5) is 17.6 Å². The van der Waals surface area contributed by atoms with E-state index in [1.165, 1.54) is 50.4 Å². The number of aromatic nitrogens is 2. The second-order valence-corrected chi connectivity index (χ2v) is 7.92. The molecule has 3 rings (SSSR count). The van der Waals surface area contributed by atoms with Crippen molar-refractivity contribution in [2.24, 2.45) is 5.14 Å². The van der Waals surface area contributed by atoms with Crippen molar-refractivity contribution in [2.45, 2.75) is 18.0 Å². The van der Waals surface area contributed by atoms with Gasteiger partial charge in [0.2, 0.25) is 10.0 Å². The van der Waals surface area contributed by atoms with Gasteiger partial charge in [0.1, 0.15) is 5.69 Å². The molecule has 1 aromatic heterocycles. The van der Waals surface area contributed by atoms with Crippen molar-refractivity contribution in [3.8, 4) is 28.1 Å². The third-order valence-corrected chi connectivity index (χ3v) is 5.33. The molecule has 0 atom stereocenters. The van der Waals surface area contributed by atoms with E-state index in [-0.39, 0.29) is 22.6 Å². The Labute approximate surface area is 175 Å². The molecule has 6 nitrogen and oxygen atoms in total. The van der Waals surface area contributed by atoms with Crippen molar-refractivity contribution in [3.05, 3.63) is 60.1 Å². The molecule has 3 aromatic rings. The molecule has 0 aliphatic rings. The van der Waals surface area contributed by atoms with E-state index in [9.17, 15) is 26.0 Å². The summed E-state index contributed by atoms with van der Waals surface area (Å²) in [6.07, 6.45) is -2.50. The molecule has 0 fully saturated rings. The summed E-state index contributed by atoms with van der Waals surface area (Å²) in [6, 6.07) is 8.53. The number of hydrogen-bond acceptors (Lipinski definition) is 4. The fourth-order valence-corrected chi connectivity index (χ4v) is 3.89. The Morgan fingerprint density at radius 1 is 1.16 bits per heavy atom. The van der Waals surface area contributed by atoms with E-state index in [0.29, 0.717) is 4.68 Å². The standard InChI is InChI=1S/C20H17F4N3O3S/c1-3-10-27-19(20(22,23)24)17(12-8-9-15(30-2)14(21)11-12)18(26-27)13-6-4-5-7-16(13)31(25,28)29/h3-11H,1-2H3,(H2,25,28,29). The number of rotatable bonds is 5. The van der Waals surface area contributed by atoms with Crippen molar-refractivity contribution in [2.75, 3.05) is 7.11 Å². The topological polar surface area (TPSA) is 87.2 Å². The van der Waals surface area contributed by atoms with Crippen LogP contribution >= 0.6 is 0 Å². The second kappa shape index (κ2) is 8.16. The quantitative estimate of drug-likeness (QED) is 0.573. The van der Waals surface area contributed by atoms with Gasteiger partial charge in [0, 0.05) is 17.3 Å². The normalized spacial score (nSPS) is 12.5. The van der Waals surface area contributed by atoms with E-state index < -0.39 is 38.2 Å². The Kier molecular flexibility index (Phi) is 5.92. The van der Waals surface area contributed by atoms with Gasteiger partial charge in [-0.25, -0.2) is 22.6 Å². The summed E-state index contributed by atoms with van der Waals surface area (Å²) in [5.74, 6) is -1.05. The van der Waals surface area contributed by atoms with Crippen LogP contribution < -0.4 is 9.88 Å². The maximum absolute atomic E-state index is 14.4. The van der Waals surface area contributed by atoms with Gasteiger partial charge in [-0.05, 0) is 30.7 Å². The fraction of sp³-hybridized carbons (Fsp3) is 0.150. The first-order chi connectivity index (χ1) is 14.5. The Balaban J connectivity index is 2.48. The third-order valence-electron chi connectivity index (χ3n) is 4.36. The molecule has 31 heavy (non-hydrogen) atoms. The van der Waals surface area contributed by atoms with Gasteiger partial charge in [-0.2, -0.15) is 18.3 Å². The number of sulfonamides is 1. The van der Waals surface area contributed by atoms with Crippen molar-refractivity contribution < 1.29 is 30.7 Å². The van der Waals surface area contributed by atoms with Crippen LogP contribution in [0.15, 0.2) is 53.4 Å². The minimum absolute atomic E-state index is 0.148. The number of benzene rings is 2. The molecule has 0 radical (unpaired) electrons. The molecule has 2 aromatic carbocycles. The molecule has 0 amide bonds. The summed E-state index contributed by atoms with van der Waals surface area (Å²) in [7, 11) is -3.07. The van der Waals surface area contributed by atoms with Crippen molar-refractivity contribution in [1.82, 2.24) is 9.78 Å². The predicted octanol–water partition coefficient (Wildman–Crippen LogP) is 4.52. The lowest BCUT2D eigenvalue weighted by molar-refractivity contribution is -0.142. The number of nitrogens with two attached hydrogens (primary N) is 1. The average Bonchev–Trinajstić information content (AvgIpc) is 3.07. The van der Waals surface area contributed by atoms with Gasteiger partial charge < -0.3 is 4.74 Å². The Morgan fingerprint density at radius 2 is 1.84 bits per heavy atom. The molecule has 0 bridgehead atoms. The van der Waals surface area contributed by atoms with Gasteiger partial charge in [0.25, 0.3) is 0 Å². The van der Waals surface area contributed by atoms with Gasteiger partial charge in [-0.1, -0.05) is 30.3 Å². The number of ether oxygens (including phenoxy) is 1. The average molecular weight is 455 g/mol. The summed E-state index contributed by atoms with van der Waals surface area (Å²) >= 11 is 0. The van der Waals surface area contributed by atoms with E-state index in [2.05, 4.69) is 5.10 Å². The van der Waals surface area contributed by atoms with Gasteiger partial charge >= 0.3 is 6.18 Å². The first kappa shape index (κ1) is 22.5. The molecule has 2 N–H and O–H groups in total. The summed E-state index contributed by atoms with van der Waals surface area (Å²) < 4.78 is 86.1. The smallest absolute Gasteiger partial charge is 0.434 e. The van der Waals surface area contributed by atoms with Crippen LogP contribution in [-0.4, -0.2) is 25.3 Å². The van der Waals surface area contributed by atoms with Crippen molar-refractivity contribution in [1.29, 1.82) is 0 Å². The van der Waals surface area contributed by atoms with Crippen LogP contribution in [-0.2, 0) is 16.2 Å². The van der Waals surface area contributed by atoms with E-state index >= 15 is 0 Å². The third kappa shape index (κ3) is 4.32. The molecule has 0 unspecified atom stereocenters. The van der Waals surface area contributed by atoms with Crippen LogP contribution in [0.3, 0.4) is 0 Å². The highest BCUT2D eigenvalue weighted by Gasteiger charge is 2.41. The van der Waals surface area contributed by atoms with Gasteiger partial charge in [-0.15, -0.1) is 0 Å². The Hall–Kier alpha value is -3.18. The first-order valence-electron chi connectivity index (χ1n) is 8.77. The second-order valence-electron chi connectivity index (χ2n) is 6.39. The van der Waals surface area contributed by atoms with Crippen LogP contribution in [0.5, 0.6) is 5.75 Å². The Bertz CT molecular complexity index is 1270. The molecular weight excluding hydrogens is 438 g/mol. The summed E-state index contributed by atoms with van der Waals surface area (Å²) in [5.41, 5.74) is -2.33. The highest BCUT2D eigenvalue weighted by atomic mass is 32.2. The first-order valence-corrected chi connectivity index (χ1v) is 10.3. The molecule has 0 aliphatic carbocycles. The lowest BCUT2D eigenvalue weighted by atomic mass is 9.98. The predicted molar refractivity (Wildman–Crippen MR) is 107 cm³/mol. The molecule has 0 saturated carbocycles.